The van der Waals surface area contributed by atoms with Crippen molar-refractivity contribution in [3.8, 4) is 0 Å². The minimum atomic E-state index is -0.576. The summed E-state index contributed by atoms with van der Waals surface area (Å²) >= 11 is 6.28. The van der Waals surface area contributed by atoms with Crippen molar-refractivity contribution in [1.82, 2.24) is 10.2 Å². The molecule has 0 radical (unpaired) electrons. The van der Waals surface area contributed by atoms with Crippen LogP contribution in [0.4, 0.5) is 5.69 Å². The zero-order chi connectivity index (χ0) is 22.3. The monoisotopic (exact) mass is 437 g/mol. The van der Waals surface area contributed by atoms with Gasteiger partial charge in [-0.25, -0.2) is 4.79 Å². The van der Waals surface area contributed by atoms with Gasteiger partial charge in [0.2, 0.25) is 0 Å². The standard InChI is InChI=1S/C24H24ClN3O3/c1-13-10-16(21-17(11-13)20-22(30-21)18(25)12-26-28-20)14(2)27-19-9-7-6-8-15(19)23(29)31-24(3,4)5/h6-12,14,27H,1-5H3/t14-/m1/s1. The molecule has 160 valence electrons. The number of nitrogens with zero attached hydrogens (tertiary/aromatic N) is 2. The average molecular weight is 438 g/mol. The van der Waals surface area contributed by atoms with Crippen LogP contribution >= 0.6 is 11.6 Å². The Labute approximate surface area is 185 Å². The summed E-state index contributed by atoms with van der Waals surface area (Å²) in [4.78, 5) is 12.7. The molecule has 0 saturated heterocycles. The Kier molecular flexibility index (Phi) is 5.35. The van der Waals surface area contributed by atoms with Crippen molar-refractivity contribution in [2.75, 3.05) is 5.32 Å². The van der Waals surface area contributed by atoms with Crippen LogP contribution in [0.1, 0.15) is 55.2 Å². The lowest BCUT2D eigenvalue weighted by atomic mass is 10.0. The van der Waals surface area contributed by atoms with E-state index in [1.165, 1.54) is 6.20 Å². The number of carbonyl (C=O) groups excluding carboxylic acids is 1. The third-order valence-electron chi connectivity index (χ3n) is 4.87. The molecule has 1 N–H and O–H groups in total. The summed E-state index contributed by atoms with van der Waals surface area (Å²) in [5.41, 5.74) is 4.42. The van der Waals surface area contributed by atoms with Gasteiger partial charge >= 0.3 is 5.97 Å². The second-order valence-corrected chi connectivity index (χ2v) is 9.02. The maximum Gasteiger partial charge on any atom is 0.340 e. The van der Waals surface area contributed by atoms with Crippen LogP contribution in [0.2, 0.25) is 5.02 Å². The highest BCUT2D eigenvalue weighted by Crippen LogP contribution is 2.37. The Morgan fingerprint density at radius 1 is 1.19 bits per heavy atom. The molecule has 0 bridgehead atoms. The first kappa shape index (κ1) is 21.1. The van der Waals surface area contributed by atoms with Crippen molar-refractivity contribution in [2.45, 2.75) is 46.3 Å². The van der Waals surface area contributed by atoms with Crippen LogP contribution in [0.5, 0.6) is 0 Å². The van der Waals surface area contributed by atoms with Gasteiger partial charge in [-0.1, -0.05) is 29.8 Å². The minimum absolute atomic E-state index is 0.168. The van der Waals surface area contributed by atoms with Crippen LogP contribution in [0.15, 0.2) is 47.0 Å². The molecule has 0 fully saturated rings. The number of anilines is 1. The lowest BCUT2D eigenvalue weighted by molar-refractivity contribution is 0.00706. The number of furan rings is 1. The van der Waals surface area contributed by atoms with Crippen LogP contribution in [-0.2, 0) is 4.74 Å². The number of hydrogen-bond acceptors (Lipinski definition) is 6. The Hall–Kier alpha value is -3.12. The molecule has 2 heterocycles. The highest BCUT2D eigenvalue weighted by atomic mass is 35.5. The maximum atomic E-state index is 12.7. The van der Waals surface area contributed by atoms with Gasteiger partial charge in [0.05, 0.1) is 17.8 Å². The fourth-order valence-electron chi connectivity index (χ4n) is 3.57. The van der Waals surface area contributed by atoms with E-state index >= 15 is 0 Å². The molecule has 1 atom stereocenters. The molecular weight excluding hydrogens is 414 g/mol. The number of esters is 1. The van der Waals surface area contributed by atoms with Crippen LogP contribution in [0, 0.1) is 6.92 Å². The van der Waals surface area contributed by atoms with Gasteiger partial charge in [-0.3, -0.25) is 0 Å². The zero-order valence-electron chi connectivity index (χ0n) is 18.1. The van der Waals surface area contributed by atoms with E-state index in [-0.39, 0.29) is 12.0 Å². The number of carbonyl (C=O) groups is 1. The van der Waals surface area contributed by atoms with E-state index in [9.17, 15) is 4.79 Å². The van der Waals surface area contributed by atoms with E-state index in [0.29, 0.717) is 33.0 Å². The molecule has 6 nitrogen and oxygen atoms in total. The van der Waals surface area contributed by atoms with Gasteiger partial charge in [-0.2, -0.15) is 5.10 Å². The van der Waals surface area contributed by atoms with E-state index in [1.807, 2.05) is 58.9 Å². The number of benzene rings is 2. The maximum absolute atomic E-state index is 12.7. The minimum Gasteiger partial charge on any atom is -0.456 e. The Balaban J connectivity index is 1.75. The summed E-state index contributed by atoms with van der Waals surface area (Å²) in [6.07, 6.45) is 1.47. The summed E-state index contributed by atoms with van der Waals surface area (Å²) in [5, 5.41) is 12.9. The second kappa shape index (κ2) is 7.85. The van der Waals surface area contributed by atoms with Crippen molar-refractivity contribution in [2.24, 2.45) is 0 Å². The summed E-state index contributed by atoms with van der Waals surface area (Å²) in [6.45, 7) is 9.58. The molecule has 0 aliphatic heterocycles. The van der Waals surface area contributed by atoms with Gasteiger partial charge in [0.25, 0.3) is 0 Å². The molecule has 31 heavy (non-hydrogen) atoms. The fourth-order valence-corrected chi connectivity index (χ4v) is 3.75. The molecule has 0 spiro atoms. The molecular formula is C24H24ClN3O3. The van der Waals surface area contributed by atoms with Crippen LogP contribution in [0.25, 0.3) is 22.1 Å². The first-order valence-corrected chi connectivity index (χ1v) is 10.4. The molecule has 7 heteroatoms. The molecule has 4 aromatic rings. The second-order valence-electron chi connectivity index (χ2n) is 8.62. The molecule has 0 aliphatic carbocycles. The normalized spacial score (nSPS) is 12.8. The molecule has 2 aromatic carbocycles. The molecule has 0 saturated carbocycles. The SMILES string of the molecule is Cc1cc([C@@H](C)Nc2ccccc2C(=O)OC(C)(C)C)c2oc3c(Cl)cnnc3c2c1. The summed E-state index contributed by atoms with van der Waals surface area (Å²) in [7, 11) is 0. The Morgan fingerprint density at radius 2 is 1.94 bits per heavy atom. The first-order valence-electron chi connectivity index (χ1n) is 10.1. The Bertz CT molecular complexity index is 1290. The zero-order valence-corrected chi connectivity index (χ0v) is 18.9. The van der Waals surface area contributed by atoms with Crippen molar-refractivity contribution in [3.63, 3.8) is 0 Å². The third kappa shape index (κ3) is 4.21. The van der Waals surface area contributed by atoms with E-state index in [0.717, 1.165) is 16.5 Å². The van der Waals surface area contributed by atoms with Crippen molar-refractivity contribution in [3.05, 3.63) is 64.3 Å². The van der Waals surface area contributed by atoms with E-state index < -0.39 is 5.60 Å². The first-order chi connectivity index (χ1) is 14.6. The van der Waals surface area contributed by atoms with E-state index in [2.05, 4.69) is 21.6 Å². The number of fused-ring (bicyclic) bond motifs is 3. The number of para-hydroxylation sites is 1. The number of aromatic nitrogens is 2. The molecule has 2 aromatic heterocycles. The number of ether oxygens (including phenoxy) is 1. The number of hydrogen-bond donors (Lipinski definition) is 1. The van der Waals surface area contributed by atoms with Crippen molar-refractivity contribution < 1.29 is 13.9 Å². The number of halogens is 1. The van der Waals surface area contributed by atoms with Crippen LogP contribution in [0.3, 0.4) is 0 Å². The lowest BCUT2D eigenvalue weighted by Crippen LogP contribution is -2.24. The summed E-state index contributed by atoms with van der Waals surface area (Å²) in [5.74, 6) is -0.372. The highest BCUT2D eigenvalue weighted by molar-refractivity contribution is 6.35. The number of nitrogens with one attached hydrogen (secondary N) is 1. The molecule has 0 unspecified atom stereocenters. The van der Waals surface area contributed by atoms with E-state index in [4.69, 9.17) is 20.8 Å². The fraction of sp³-hybridized carbons (Fsp3) is 0.292. The quantitative estimate of drug-likeness (QED) is 0.369. The van der Waals surface area contributed by atoms with Gasteiger partial charge in [0, 0.05) is 16.6 Å². The number of aryl methyl sites for hydroxylation is 1. The topological polar surface area (TPSA) is 77.2 Å². The molecule has 0 amide bonds. The third-order valence-corrected chi connectivity index (χ3v) is 5.14. The van der Waals surface area contributed by atoms with Crippen molar-refractivity contribution >= 4 is 45.3 Å². The van der Waals surface area contributed by atoms with Crippen LogP contribution < -0.4 is 5.32 Å². The predicted octanol–water partition coefficient (Wildman–Crippen LogP) is 6.47. The van der Waals surface area contributed by atoms with Crippen LogP contribution in [-0.4, -0.2) is 21.8 Å². The van der Waals surface area contributed by atoms with Gasteiger partial charge in [0.1, 0.15) is 21.7 Å². The van der Waals surface area contributed by atoms with E-state index in [1.54, 1.807) is 6.07 Å². The Morgan fingerprint density at radius 3 is 2.68 bits per heavy atom. The molecule has 0 aliphatic rings. The van der Waals surface area contributed by atoms with Gasteiger partial charge in [-0.15, -0.1) is 5.10 Å². The largest absolute Gasteiger partial charge is 0.456 e. The summed E-state index contributed by atoms with van der Waals surface area (Å²) in [6, 6.07) is 11.2. The van der Waals surface area contributed by atoms with Crippen molar-refractivity contribution in [1.29, 1.82) is 0 Å². The van der Waals surface area contributed by atoms with Gasteiger partial charge < -0.3 is 14.5 Å². The highest BCUT2D eigenvalue weighted by Gasteiger charge is 2.23. The lowest BCUT2D eigenvalue weighted by Gasteiger charge is -2.22. The average Bonchev–Trinajstić information content (AvgIpc) is 3.06. The smallest absolute Gasteiger partial charge is 0.340 e. The van der Waals surface area contributed by atoms with Gasteiger partial charge in [0.15, 0.2) is 5.58 Å². The molecule has 4 rings (SSSR count). The number of rotatable bonds is 4. The summed E-state index contributed by atoms with van der Waals surface area (Å²) < 4.78 is 11.7. The predicted molar refractivity (Wildman–Crippen MR) is 123 cm³/mol. The van der Waals surface area contributed by atoms with Gasteiger partial charge in [-0.05, 0) is 58.4 Å².